The van der Waals surface area contributed by atoms with Crippen molar-refractivity contribution in [3.63, 3.8) is 0 Å². The van der Waals surface area contributed by atoms with Crippen molar-refractivity contribution in [3.8, 4) is 12.3 Å². The molecule has 1 aromatic carbocycles. The highest BCUT2D eigenvalue weighted by Crippen LogP contribution is 2.18. The Kier molecular flexibility index (Phi) is 4.70. The van der Waals surface area contributed by atoms with Crippen molar-refractivity contribution in [2.45, 2.75) is 30.7 Å². The molecule has 0 aliphatic rings. The van der Waals surface area contributed by atoms with Gasteiger partial charge in [-0.3, -0.25) is 0 Å². The van der Waals surface area contributed by atoms with Gasteiger partial charge in [0, 0.05) is 5.69 Å². The van der Waals surface area contributed by atoms with Crippen molar-refractivity contribution in [1.82, 2.24) is 4.72 Å². The molecule has 0 radical (unpaired) electrons. The molecule has 0 amide bonds. The largest absolute Gasteiger partial charge is 0.399 e. The molecule has 0 aromatic heterocycles. The van der Waals surface area contributed by atoms with Crippen LogP contribution in [0, 0.1) is 18.2 Å². The summed E-state index contributed by atoms with van der Waals surface area (Å²) in [7, 11) is -3.99. The number of benzene rings is 1. The summed E-state index contributed by atoms with van der Waals surface area (Å²) in [6.07, 6.45) is 6.42. The second-order valence-electron chi connectivity index (χ2n) is 3.82. The Balaban J connectivity index is 3.07. The van der Waals surface area contributed by atoms with Crippen LogP contribution in [-0.4, -0.2) is 14.5 Å². The van der Waals surface area contributed by atoms with E-state index in [2.05, 4.69) is 10.6 Å². The first-order chi connectivity index (χ1) is 8.40. The molecule has 0 saturated carbocycles. The summed E-state index contributed by atoms with van der Waals surface area (Å²) in [5, 5.41) is 0. The fourth-order valence-corrected chi connectivity index (χ4v) is 2.75. The first-order valence-corrected chi connectivity index (χ1v) is 6.92. The van der Waals surface area contributed by atoms with Crippen LogP contribution in [0.25, 0.3) is 0 Å². The second-order valence-corrected chi connectivity index (χ2v) is 5.50. The van der Waals surface area contributed by atoms with Gasteiger partial charge < -0.3 is 5.73 Å². The lowest BCUT2D eigenvalue weighted by atomic mass is 10.2. The van der Waals surface area contributed by atoms with E-state index < -0.39 is 26.8 Å². The van der Waals surface area contributed by atoms with Crippen LogP contribution in [0.5, 0.6) is 0 Å². The van der Waals surface area contributed by atoms with Crippen LogP contribution in [0.15, 0.2) is 23.1 Å². The van der Waals surface area contributed by atoms with Crippen molar-refractivity contribution in [2.24, 2.45) is 0 Å². The highest BCUT2D eigenvalue weighted by molar-refractivity contribution is 7.89. The highest BCUT2D eigenvalue weighted by Gasteiger charge is 2.22. The third kappa shape index (κ3) is 3.45. The smallest absolute Gasteiger partial charge is 0.244 e. The monoisotopic (exact) mass is 270 g/mol. The van der Waals surface area contributed by atoms with Crippen molar-refractivity contribution < 1.29 is 12.8 Å². The van der Waals surface area contributed by atoms with Gasteiger partial charge in [-0.25, -0.2) is 12.8 Å². The molecule has 1 unspecified atom stereocenters. The molecule has 0 saturated heterocycles. The maximum atomic E-state index is 13.5. The zero-order valence-corrected chi connectivity index (χ0v) is 10.8. The van der Waals surface area contributed by atoms with Gasteiger partial charge in [0.2, 0.25) is 10.0 Å². The number of hydrogen-bond acceptors (Lipinski definition) is 3. The lowest BCUT2D eigenvalue weighted by molar-refractivity contribution is 0.546. The number of nitrogens with two attached hydrogens (primary N) is 1. The standard InChI is InChI=1S/C12H15FN2O2S/c1-3-5-10(4-2)15-18(16,17)12-8-9(14)6-7-11(12)13/h2,6-8,10,15H,3,5,14H2,1H3. The second kappa shape index (κ2) is 5.85. The molecule has 0 fully saturated rings. The van der Waals surface area contributed by atoms with E-state index in [1.807, 2.05) is 6.92 Å². The minimum Gasteiger partial charge on any atom is -0.399 e. The highest BCUT2D eigenvalue weighted by atomic mass is 32.2. The lowest BCUT2D eigenvalue weighted by Gasteiger charge is -2.13. The van der Waals surface area contributed by atoms with Crippen molar-refractivity contribution in [1.29, 1.82) is 0 Å². The minimum atomic E-state index is -3.99. The maximum absolute atomic E-state index is 13.5. The van der Waals surface area contributed by atoms with Crippen molar-refractivity contribution >= 4 is 15.7 Å². The van der Waals surface area contributed by atoms with E-state index in [1.54, 1.807) is 0 Å². The number of halogens is 1. The first kappa shape index (κ1) is 14.5. The number of hydrogen-bond donors (Lipinski definition) is 2. The predicted molar refractivity (Wildman–Crippen MR) is 68.7 cm³/mol. The van der Waals surface area contributed by atoms with Crippen LogP contribution in [0.4, 0.5) is 10.1 Å². The van der Waals surface area contributed by atoms with Crippen LogP contribution in [0.3, 0.4) is 0 Å². The van der Waals surface area contributed by atoms with Crippen LogP contribution in [0.1, 0.15) is 19.8 Å². The Morgan fingerprint density at radius 2 is 2.22 bits per heavy atom. The molecule has 6 heteroatoms. The lowest BCUT2D eigenvalue weighted by Crippen LogP contribution is -2.34. The van der Waals surface area contributed by atoms with E-state index in [1.165, 1.54) is 6.07 Å². The summed E-state index contributed by atoms with van der Waals surface area (Å²) in [4.78, 5) is -0.487. The Hall–Kier alpha value is -1.58. The molecule has 1 aromatic rings. The number of sulfonamides is 1. The molecule has 4 nitrogen and oxygen atoms in total. The van der Waals surface area contributed by atoms with Crippen molar-refractivity contribution in [3.05, 3.63) is 24.0 Å². The Labute approximate surface area is 106 Å². The summed E-state index contributed by atoms with van der Waals surface area (Å²) in [5.41, 5.74) is 5.62. The third-order valence-corrected chi connectivity index (χ3v) is 3.81. The fraction of sp³-hybridized carbons (Fsp3) is 0.333. The normalized spacial score (nSPS) is 12.9. The molecular weight excluding hydrogens is 255 g/mol. The fourth-order valence-electron chi connectivity index (χ4n) is 1.44. The summed E-state index contributed by atoms with van der Waals surface area (Å²) < 4.78 is 39.6. The van der Waals surface area contributed by atoms with E-state index in [4.69, 9.17) is 12.2 Å². The Bertz CT molecular complexity index is 564. The van der Waals surface area contributed by atoms with Gasteiger partial charge in [0.05, 0.1) is 6.04 Å². The summed E-state index contributed by atoms with van der Waals surface area (Å²) in [6, 6.07) is 2.71. The van der Waals surface area contributed by atoms with Gasteiger partial charge in [0.25, 0.3) is 0 Å². The third-order valence-electron chi connectivity index (χ3n) is 2.32. The van der Waals surface area contributed by atoms with Gasteiger partial charge >= 0.3 is 0 Å². The molecular formula is C12H15FN2O2S. The average Bonchev–Trinajstić information content (AvgIpc) is 2.31. The number of terminal acetylenes is 1. The first-order valence-electron chi connectivity index (χ1n) is 5.44. The van der Waals surface area contributed by atoms with E-state index >= 15 is 0 Å². The summed E-state index contributed by atoms with van der Waals surface area (Å²) in [5.74, 6) is 1.46. The summed E-state index contributed by atoms with van der Waals surface area (Å²) in [6.45, 7) is 1.87. The van der Waals surface area contributed by atoms with Gasteiger partial charge in [0.1, 0.15) is 10.7 Å². The Morgan fingerprint density at radius 1 is 1.56 bits per heavy atom. The zero-order valence-electron chi connectivity index (χ0n) is 9.98. The molecule has 98 valence electrons. The molecule has 0 spiro atoms. The number of nitrogens with one attached hydrogen (secondary N) is 1. The summed E-state index contributed by atoms with van der Waals surface area (Å²) >= 11 is 0. The molecule has 1 rings (SSSR count). The van der Waals surface area contributed by atoms with E-state index in [0.717, 1.165) is 18.6 Å². The van der Waals surface area contributed by atoms with Gasteiger partial charge in [-0.15, -0.1) is 6.42 Å². The van der Waals surface area contributed by atoms with E-state index in [9.17, 15) is 12.8 Å². The number of rotatable bonds is 5. The van der Waals surface area contributed by atoms with Gasteiger partial charge in [-0.1, -0.05) is 19.3 Å². The van der Waals surface area contributed by atoms with Gasteiger partial charge in [0.15, 0.2) is 0 Å². The maximum Gasteiger partial charge on any atom is 0.244 e. The van der Waals surface area contributed by atoms with E-state index in [-0.39, 0.29) is 5.69 Å². The molecule has 1 atom stereocenters. The van der Waals surface area contributed by atoms with Crippen LogP contribution < -0.4 is 10.5 Å². The van der Waals surface area contributed by atoms with E-state index in [0.29, 0.717) is 6.42 Å². The molecule has 3 N–H and O–H groups in total. The minimum absolute atomic E-state index is 0.171. The van der Waals surface area contributed by atoms with Gasteiger partial charge in [-0.2, -0.15) is 4.72 Å². The topological polar surface area (TPSA) is 72.2 Å². The number of nitrogen functional groups attached to an aromatic ring is 1. The quantitative estimate of drug-likeness (QED) is 0.629. The average molecular weight is 270 g/mol. The molecule has 0 bridgehead atoms. The van der Waals surface area contributed by atoms with Crippen LogP contribution in [-0.2, 0) is 10.0 Å². The van der Waals surface area contributed by atoms with Crippen LogP contribution in [0.2, 0.25) is 0 Å². The molecule has 0 aliphatic carbocycles. The Morgan fingerprint density at radius 3 is 2.78 bits per heavy atom. The zero-order chi connectivity index (χ0) is 13.8. The molecule has 18 heavy (non-hydrogen) atoms. The SMILES string of the molecule is C#CC(CCC)NS(=O)(=O)c1cc(N)ccc1F. The predicted octanol–water partition coefficient (Wildman–Crippen LogP) is 1.49. The van der Waals surface area contributed by atoms with Crippen molar-refractivity contribution in [2.75, 3.05) is 5.73 Å². The van der Waals surface area contributed by atoms with Gasteiger partial charge in [-0.05, 0) is 24.6 Å². The van der Waals surface area contributed by atoms with Crippen LogP contribution >= 0.6 is 0 Å². The number of anilines is 1. The molecule has 0 heterocycles. The molecule has 0 aliphatic heterocycles.